The lowest BCUT2D eigenvalue weighted by molar-refractivity contribution is -0.723. The molecule has 0 saturated heterocycles. The molecule has 0 amide bonds. The van der Waals surface area contributed by atoms with Gasteiger partial charge >= 0.3 is 0 Å². The van der Waals surface area contributed by atoms with Gasteiger partial charge in [0.25, 0.3) is 0 Å². The van der Waals surface area contributed by atoms with Crippen molar-refractivity contribution in [3.05, 3.63) is 18.7 Å². The Hall–Kier alpha value is -0.0600. The van der Waals surface area contributed by atoms with Crippen molar-refractivity contribution in [3.63, 3.8) is 0 Å². The normalized spacial score (nSPS) is 12.1. The summed E-state index contributed by atoms with van der Waals surface area (Å²) in [5.41, 5.74) is 0. The first kappa shape index (κ1) is 22.9. The van der Waals surface area contributed by atoms with E-state index in [1.54, 1.807) is 0 Å². The van der Waals surface area contributed by atoms with Crippen molar-refractivity contribution in [3.8, 4) is 0 Å². The predicted octanol–water partition coefficient (Wildman–Crippen LogP) is 3.35. The molecule has 0 aliphatic carbocycles. The van der Waals surface area contributed by atoms with Gasteiger partial charge in [-0.05, 0) is 19.3 Å². The van der Waals surface area contributed by atoms with Crippen LogP contribution in [0.25, 0.3) is 0 Å². The molecule has 1 N–H and O–H groups in total. The van der Waals surface area contributed by atoms with Crippen LogP contribution in [0, 0.1) is 0 Å². The van der Waals surface area contributed by atoms with Crippen molar-refractivity contribution in [2.24, 2.45) is 0 Å². The summed E-state index contributed by atoms with van der Waals surface area (Å²) in [6.45, 7) is 4.58. The van der Waals surface area contributed by atoms with E-state index in [2.05, 4.69) is 35.9 Å². The van der Waals surface area contributed by atoms with Crippen LogP contribution in [-0.4, -0.2) is 4.98 Å². The maximum atomic E-state index is 3.17. The van der Waals surface area contributed by atoms with E-state index in [1.807, 2.05) is 6.20 Å². The quantitative estimate of drug-likeness (QED) is 0.248. The van der Waals surface area contributed by atoms with Crippen molar-refractivity contribution in [2.45, 2.75) is 110 Å². The van der Waals surface area contributed by atoms with E-state index < -0.39 is 0 Å². The van der Waals surface area contributed by atoms with Crippen LogP contribution in [0.4, 0.5) is 0 Å². The zero-order chi connectivity index (χ0) is 15.9. The number of H-pyrrole nitrogens is 1. The van der Waals surface area contributed by atoms with E-state index >= 15 is 0 Å². The van der Waals surface area contributed by atoms with Crippen molar-refractivity contribution in [2.75, 3.05) is 0 Å². The summed E-state index contributed by atoms with van der Waals surface area (Å²) in [6.07, 6.45) is 26.0. The number of rotatable bonds is 15. The topological polar surface area (TPSA) is 19.7 Å². The summed E-state index contributed by atoms with van der Waals surface area (Å²) < 4.78 is 2.36. The number of hydrogen-bond acceptors (Lipinski definition) is 0. The highest BCUT2D eigenvalue weighted by Crippen LogP contribution is 2.17. The first-order valence-corrected chi connectivity index (χ1v) is 9.92. The Balaban J connectivity index is 0.00000484. The predicted molar refractivity (Wildman–Crippen MR) is 96.0 cm³/mol. The summed E-state index contributed by atoms with van der Waals surface area (Å²) in [5.74, 6) is 0. The molecule has 1 unspecified atom stereocenters. The average Bonchev–Trinajstić information content (AvgIpc) is 3.06. The summed E-state index contributed by atoms with van der Waals surface area (Å²) in [7, 11) is 0. The minimum Gasteiger partial charge on any atom is -1.00 e. The number of aromatic nitrogens is 2. The lowest BCUT2D eigenvalue weighted by Crippen LogP contribution is -3.00. The second-order valence-corrected chi connectivity index (χ2v) is 6.83. The molecule has 0 aliphatic heterocycles. The van der Waals surface area contributed by atoms with Crippen LogP contribution in [0.5, 0.6) is 0 Å². The number of imidazole rings is 1. The van der Waals surface area contributed by atoms with E-state index in [0.717, 1.165) is 0 Å². The van der Waals surface area contributed by atoms with Gasteiger partial charge in [0.05, 0.1) is 0 Å². The van der Waals surface area contributed by atoms with Gasteiger partial charge in [-0.15, -0.1) is 0 Å². The third-order valence-corrected chi connectivity index (χ3v) is 4.75. The molecule has 1 atom stereocenters. The molecule has 0 radical (unpaired) electrons. The highest BCUT2D eigenvalue weighted by atomic mass is 127. The second kappa shape index (κ2) is 16.8. The molecule has 0 bridgehead atoms. The summed E-state index contributed by atoms with van der Waals surface area (Å²) in [4.78, 5) is 3.17. The highest BCUT2D eigenvalue weighted by molar-refractivity contribution is 4.61. The van der Waals surface area contributed by atoms with Gasteiger partial charge in [-0.3, -0.25) is 4.98 Å². The Labute approximate surface area is 161 Å². The van der Waals surface area contributed by atoms with Gasteiger partial charge in [0.2, 0.25) is 6.33 Å². The largest absolute Gasteiger partial charge is 1.00 e. The molecule has 3 heteroatoms. The molecular weight excluding hydrogens is 395 g/mol. The third-order valence-electron chi connectivity index (χ3n) is 4.75. The maximum absolute atomic E-state index is 3.17. The number of nitrogens with one attached hydrogen (secondary N) is 1. The molecule has 0 aromatic carbocycles. The second-order valence-electron chi connectivity index (χ2n) is 6.83. The van der Waals surface area contributed by atoms with Crippen LogP contribution in [0.15, 0.2) is 18.7 Å². The van der Waals surface area contributed by atoms with Gasteiger partial charge < -0.3 is 24.0 Å². The van der Waals surface area contributed by atoms with Crippen molar-refractivity contribution in [1.29, 1.82) is 0 Å². The lowest BCUT2D eigenvalue weighted by Gasteiger charge is -2.12. The Bertz CT molecular complexity index is 324. The highest BCUT2D eigenvalue weighted by Gasteiger charge is 2.13. The van der Waals surface area contributed by atoms with Gasteiger partial charge in [-0.25, -0.2) is 4.57 Å². The van der Waals surface area contributed by atoms with E-state index in [0.29, 0.717) is 6.04 Å². The Kier molecular flexibility index (Phi) is 16.7. The number of halogens is 1. The summed E-state index contributed by atoms with van der Waals surface area (Å²) in [6, 6.07) is 0.704. The maximum Gasteiger partial charge on any atom is 0.241 e. The van der Waals surface area contributed by atoms with Crippen LogP contribution in [0.3, 0.4) is 0 Å². The molecule has 136 valence electrons. The fraction of sp³-hybridized carbons (Fsp3) is 0.850. The monoisotopic (exact) mass is 434 g/mol. The third kappa shape index (κ3) is 12.0. The van der Waals surface area contributed by atoms with E-state index in [1.165, 1.54) is 89.9 Å². The van der Waals surface area contributed by atoms with E-state index in [-0.39, 0.29) is 24.0 Å². The smallest absolute Gasteiger partial charge is 0.241 e. The number of hydrogen-bond donors (Lipinski definition) is 1. The van der Waals surface area contributed by atoms with Crippen LogP contribution in [-0.2, 0) is 0 Å². The molecule has 0 spiro atoms. The number of nitrogens with zero attached hydrogens (tertiary/aromatic N) is 1. The molecular formula is C20H39IN2. The molecule has 1 aromatic rings. The van der Waals surface area contributed by atoms with E-state index in [4.69, 9.17) is 0 Å². The molecule has 23 heavy (non-hydrogen) atoms. The van der Waals surface area contributed by atoms with Gasteiger partial charge in [0, 0.05) is 0 Å². The number of aromatic amines is 1. The first-order valence-electron chi connectivity index (χ1n) is 9.92. The van der Waals surface area contributed by atoms with Gasteiger partial charge in [-0.1, -0.05) is 84.5 Å². The fourth-order valence-electron chi connectivity index (χ4n) is 3.35. The lowest BCUT2D eigenvalue weighted by atomic mass is 10.0. The Morgan fingerprint density at radius 3 is 1.78 bits per heavy atom. The number of unbranched alkanes of at least 4 members (excludes halogenated alkanes) is 10. The van der Waals surface area contributed by atoms with Crippen LogP contribution >= 0.6 is 0 Å². The van der Waals surface area contributed by atoms with Crippen molar-refractivity contribution in [1.82, 2.24) is 4.98 Å². The minimum atomic E-state index is 0. The van der Waals surface area contributed by atoms with E-state index in [9.17, 15) is 0 Å². The standard InChI is InChI=1S/C20H38N2.HI/c1-3-5-6-7-8-9-10-11-12-13-14-16-20(15-4-2)22-18-17-21-19-22;/h17-20H,3-16H2,1-2H3;1H. The first-order chi connectivity index (χ1) is 10.9. The minimum absolute atomic E-state index is 0. The molecule has 1 heterocycles. The molecule has 0 fully saturated rings. The van der Waals surface area contributed by atoms with Crippen LogP contribution in [0.2, 0.25) is 0 Å². The zero-order valence-corrected chi connectivity index (χ0v) is 17.7. The van der Waals surface area contributed by atoms with Gasteiger partial charge in [0.15, 0.2) is 0 Å². The Morgan fingerprint density at radius 2 is 1.30 bits per heavy atom. The average molecular weight is 434 g/mol. The molecule has 0 aliphatic rings. The molecule has 0 saturated carbocycles. The van der Waals surface area contributed by atoms with Gasteiger partial charge in [0.1, 0.15) is 18.4 Å². The molecule has 2 nitrogen and oxygen atoms in total. The van der Waals surface area contributed by atoms with Crippen LogP contribution < -0.4 is 28.5 Å². The molecule has 1 aromatic heterocycles. The van der Waals surface area contributed by atoms with Gasteiger partial charge in [-0.2, -0.15) is 0 Å². The van der Waals surface area contributed by atoms with Crippen molar-refractivity contribution < 1.29 is 28.5 Å². The molecule has 1 rings (SSSR count). The Morgan fingerprint density at radius 1 is 0.739 bits per heavy atom. The summed E-state index contributed by atoms with van der Waals surface area (Å²) >= 11 is 0. The zero-order valence-electron chi connectivity index (χ0n) is 15.5. The van der Waals surface area contributed by atoms with Crippen molar-refractivity contribution >= 4 is 0 Å². The van der Waals surface area contributed by atoms with Crippen LogP contribution in [0.1, 0.15) is 110 Å². The fourth-order valence-corrected chi connectivity index (χ4v) is 3.35. The SMILES string of the molecule is CCCCCCCCCCCCCC(CCC)[n+]1cc[nH]c1.[I-]. The summed E-state index contributed by atoms with van der Waals surface area (Å²) in [5, 5.41) is 0.